The number of alkyl halides is 3. The van der Waals surface area contributed by atoms with Gasteiger partial charge in [-0.05, 0) is 60.5 Å². The second-order valence-electron chi connectivity index (χ2n) is 7.72. The third-order valence-electron chi connectivity index (χ3n) is 5.37. The van der Waals surface area contributed by atoms with Gasteiger partial charge in [-0.1, -0.05) is 18.2 Å². The molecule has 1 heterocycles. The van der Waals surface area contributed by atoms with Crippen molar-refractivity contribution < 1.29 is 40.3 Å². The molecule has 11 heteroatoms. The Kier molecular flexibility index (Phi) is 6.14. The van der Waals surface area contributed by atoms with E-state index < -0.39 is 50.7 Å². The lowest BCUT2D eigenvalue weighted by atomic mass is 10.0. The molecule has 0 aliphatic heterocycles. The standard InChI is InChI=1S/C24H16F5NO4S/c25-17-6-8-21(26)20(13-17)14-4-5-15-10-18(7-9-23(31)32)30(22(15)11-14)35(33,34)19-3-1-2-16(12-19)24(27,28)29/h1-6,8,10-13H,7,9H2,(H,31,32). The van der Waals surface area contributed by atoms with Crippen LogP contribution in [0.15, 0.2) is 71.6 Å². The molecule has 0 aliphatic carbocycles. The first kappa shape index (κ1) is 24.4. The Morgan fingerprint density at radius 1 is 0.943 bits per heavy atom. The fourth-order valence-corrected chi connectivity index (χ4v) is 5.36. The van der Waals surface area contributed by atoms with E-state index in [0.29, 0.717) is 11.5 Å². The number of hydrogen-bond donors (Lipinski definition) is 1. The Bertz CT molecular complexity index is 1560. The highest BCUT2D eigenvalue weighted by Gasteiger charge is 2.32. The van der Waals surface area contributed by atoms with Crippen molar-refractivity contribution >= 4 is 26.9 Å². The summed E-state index contributed by atoms with van der Waals surface area (Å²) in [7, 11) is -4.64. The number of halogens is 5. The number of hydrogen-bond acceptors (Lipinski definition) is 3. The number of aromatic nitrogens is 1. The van der Waals surface area contributed by atoms with E-state index in [9.17, 15) is 35.2 Å². The molecule has 3 aromatic carbocycles. The molecule has 4 rings (SSSR count). The highest BCUT2D eigenvalue weighted by molar-refractivity contribution is 7.90. The van der Waals surface area contributed by atoms with Crippen molar-refractivity contribution in [1.29, 1.82) is 0 Å². The maximum Gasteiger partial charge on any atom is 0.416 e. The fourth-order valence-electron chi connectivity index (χ4n) is 3.75. The molecule has 0 atom stereocenters. The highest BCUT2D eigenvalue weighted by Crippen LogP contribution is 2.34. The Balaban J connectivity index is 1.97. The number of rotatable bonds is 6. The topological polar surface area (TPSA) is 76.4 Å². The van der Waals surface area contributed by atoms with Gasteiger partial charge in [0.1, 0.15) is 11.6 Å². The minimum Gasteiger partial charge on any atom is -0.481 e. The largest absolute Gasteiger partial charge is 0.481 e. The molecule has 0 saturated carbocycles. The number of aryl methyl sites for hydroxylation is 1. The van der Waals surface area contributed by atoms with Crippen LogP contribution in [0, 0.1) is 11.6 Å². The number of carbonyl (C=O) groups is 1. The van der Waals surface area contributed by atoms with E-state index in [-0.39, 0.29) is 28.8 Å². The lowest BCUT2D eigenvalue weighted by Crippen LogP contribution is -2.17. The van der Waals surface area contributed by atoms with Gasteiger partial charge in [0.15, 0.2) is 0 Å². The maximum absolute atomic E-state index is 14.4. The SMILES string of the molecule is O=C(O)CCc1cc2ccc(-c3cc(F)ccc3F)cc2n1S(=O)(=O)c1cccc(C(F)(F)F)c1. The zero-order valence-electron chi connectivity index (χ0n) is 17.7. The minimum absolute atomic E-state index is 0.0108. The van der Waals surface area contributed by atoms with Crippen LogP contribution in [0.1, 0.15) is 17.7 Å². The van der Waals surface area contributed by atoms with Crippen LogP contribution in [0.3, 0.4) is 0 Å². The Hall–Kier alpha value is -3.73. The van der Waals surface area contributed by atoms with Crippen LogP contribution in [-0.4, -0.2) is 23.5 Å². The first-order valence-corrected chi connectivity index (χ1v) is 11.6. The van der Waals surface area contributed by atoms with E-state index in [1.54, 1.807) is 0 Å². The Labute approximate surface area is 196 Å². The summed E-state index contributed by atoms with van der Waals surface area (Å²) in [4.78, 5) is 10.5. The van der Waals surface area contributed by atoms with E-state index >= 15 is 0 Å². The number of carboxylic acids is 1. The number of fused-ring (bicyclic) bond motifs is 1. The van der Waals surface area contributed by atoms with Crippen LogP contribution in [-0.2, 0) is 27.4 Å². The molecule has 0 radical (unpaired) electrons. The van der Waals surface area contributed by atoms with Crippen LogP contribution in [0.25, 0.3) is 22.0 Å². The number of benzene rings is 3. The third-order valence-corrected chi connectivity index (χ3v) is 7.13. The van der Waals surface area contributed by atoms with Crippen molar-refractivity contribution in [2.45, 2.75) is 23.9 Å². The monoisotopic (exact) mass is 509 g/mol. The van der Waals surface area contributed by atoms with Crippen molar-refractivity contribution in [3.63, 3.8) is 0 Å². The van der Waals surface area contributed by atoms with Gasteiger partial charge >= 0.3 is 12.1 Å². The number of aliphatic carboxylic acids is 1. The van der Waals surface area contributed by atoms with Crippen LogP contribution in [0.2, 0.25) is 0 Å². The molecule has 1 N–H and O–H groups in total. The molecular weight excluding hydrogens is 493 g/mol. The summed E-state index contributed by atoms with van der Waals surface area (Å²) in [5.41, 5.74) is -1.22. The summed E-state index contributed by atoms with van der Waals surface area (Å²) in [6, 6.07) is 11.4. The molecule has 0 aliphatic rings. The predicted octanol–water partition coefficient (Wildman–Crippen LogP) is 5.86. The van der Waals surface area contributed by atoms with Crippen LogP contribution in [0.5, 0.6) is 0 Å². The summed E-state index contributed by atoms with van der Waals surface area (Å²) in [5.74, 6) is -2.70. The fraction of sp³-hybridized carbons (Fsp3) is 0.125. The van der Waals surface area contributed by atoms with Crippen LogP contribution < -0.4 is 0 Å². The molecule has 0 fully saturated rings. The van der Waals surface area contributed by atoms with Gasteiger partial charge in [-0.25, -0.2) is 21.2 Å². The van der Waals surface area contributed by atoms with Gasteiger partial charge < -0.3 is 5.11 Å². The van der Waals surface area contributed by atoms with Crippen molar-refractivity contribution in [1.82, 2.24) is 3.97 Å². The normalized spacial score (nSPS) is 12.3. The van der Waals surface area contributed by atoms with Gasteiger partial charge in [-0.2, -0.15) is 13.2 Å². The molecule has 5 nitrogen and oxygen atoms in total. The summed E-state index contributed by atoms with van der Waals surface area (Å²) in [5, 5.41) is 9.40. The average Bonchev–Trinajstić information content (AvgIpc) is 3.17. The van der Waals surface area contributed by atoms with Crippen LogP contribution >= 0.6 is 0 Å². The molecule has 182 valence electrons. The van der Waals surface area contributed by atoms with E-state index in [1.165, 1.54) is 24.3 Å². The lowest BCUT2D eigenvalue weighted by molar-refractivity contribution is -0.138. The maximum atomic E-state index is 14.4. The molecular formula is C24H16F5NO4S. The molecule has 0 saturated heterocycles. The summed E-state index contributed by atoms with van der Waals surface area (Å²) >= 11 is 0. The second-order valence-corrected chi connectivity index (χ2v) is 9.51. The van der Waals surface area contributed by atoms with Gasteiger partial charge in [0.05, 0.1) is 22.4 Å². The summed E-state index contributed by atoms with van der Waals surface area (Å²) < 4.78 is 95.6. The molecule has 1 aromatic heterocycles. The molecule has 0 unspecified atom stereocenters. The molecule has 4 aromatic rings. The van der Waals surface area contributed by atoms with Crippen molar-refractivity contribution in [2.75, 3.05) is 0 Å². The van der Waals surface area contributed by atoms with Gasteiger partial charge in [-0.3, -0.25) is 4.79 Å². The van der Waals surface area contributed by atoms with Gasteiger partial charge in [0, 0.05) is 16.6 Å². The molecule has 0 bridgehead atoms. The summed E-state index contributed by atoms with van der Waals surface area (Å²) in [6.07, 6.45) is -5.48. The van der Waals surface area contributed by atoms with E-state index in [4.69, 9.17) is 5.11 Å². The average molecular weight is 509 g/mol. The quantitative estimate of drug-likeness (QED) is 0.331. The Morgan fingerprint density at radius 3 is 2.37 bits per heavy atom. The zero-order chi connectivity index (χ0) is 25.5. The van der Waals surface area contributed by atoms with Crippen LogP contribution in [0.4, 0.5) is 22.0 Å². The third kappa shape index (κ3) is 4.76. The Morgan fingerprint density at radius 2 is 1.69 bits per heavy atom. The molecule has 0 spiro atoms. The van der Waals surface area contributed by atoms with Gasteiger partial charge in [-0.15, -0.1) is 0 Å². The van der Waals surface area contributed by atoms with Crippen molar-refractivity contribution in [2.24, 2.45) is 0 Å². The molecule has 0 amide bonds. The molecule has 35 heavy (non-hydrogen) atoms. The zero-order valence-corrected chi connectivity index (χ0v) is 18.5. The predicted molar refractivity (Wildman–Crippen MR) is 117 cm³/mol. The van der Waals surface area contributed by atoms with E-state index in [0.717, 1.165) is 40.4 Å². The van der Waals surface area contributed by atoms with Crippen molar-refractivity contribution in [3.05, 3.63) is 89.6 Å². The second kappa shape index (κ2) is 8.81. The first-order valence-electron chi connectivity index (χ1n) is 10.1. The number of nitrogens with zero attached hydrogens (tertiary/aromatic N) is 1. The first-order chi connectivity index (χ1) is 16.4. The minimum atomic E-state index is -4.79. The smallest absolute Gasteiger partial charge is 0.416 e. The van der Waals surface area contributed by atoms with Crippen molar-refractivity contribution in [3.8, 4) is 11.1 Å². The van der Waals surface area contributed by atoms with Gasteiger partial charge in [0.25, 0.3) is 10.0 Å². The number of carboxylic acid groups (broad SMARTS) is 1. The summed E-state index contributed by atoms with van der Waals surface area (Å²) in [6.45, 7) is 0. The lowest BCUT2D eigenvalue weighted by Gasteiger charge is -2.14. The highest BCUT2D eigenvalue weighted by atomic mass is 32.2. The van der Waals surface area contributed by atoms with E-state index in [2.05, 4.69) is 0 Å². The van der Waals surface area contributed by atoms with E-state index in [1.807, 2.05) is 0 Å². The van der Waals surface area contributed by atoms with Gasteiger partial charge in [0.2, 0.25) is 0 Å².